The summed E-state index contributed by atoms with van der Waals surface area (Å²) < 4.78 is 11.0. The molecule has 5 nitrogen and oxygen atoms in total. The number of hydrogen-bond acceptors (Lipinski definition) is 5. The van der Waals surface area contributed by atoms with Crippen LogP contribution in [-0.2, 0) is 14.3 Å². The van der Waals surface area contributed by atoms with Crippen LogP contribution in [0.2, 0.25) is 0 Å². The number of likely N-dealkylation sites (N-methyl/N-ethyl adjacent to an activating group) is 1. The zero-order chi connectivity index (χ0) is 18.8. The van der Waals surface area contributed by atoms with Crippen molar-refractivity contribution in [3.8, 4) is 0 Å². The average Bonchev–Trinajstić information content (AvgIpc) is 2.94. The van der Waals surface area contributed by atoms with E-state index in [1.807, 2.05) is 40.0 Å². The minimum Gasteiger partial charge on any atom is -0.463 e. The summed E-state index contributed by atoms with van der Waals surface area (Å²) in [6.45, 7) is 11.3. The lowest BCUT2D eigenvalue weighted by atomic mass is 10.1. The zero-order valence-corrected chi connectivity index (χ0v) is 16.4. The third kappa shape index (κ3) is 6.25. The average molecular weight is 348 g/mol. The van der Waals surface area contributed by atoms with Crippen LogP contribution in [0.1, 0.15) is 63.7 Å². The third-order valence-corrected chi connectivity index (χ3v) is 4.04. The molecule has 140 valence electrons. The van der Waals surface area contributed by atoms with Gasteiger partial charge in [-0.2, -0.15) is 0 Å². The Morgan fingerprint density at radius 1 is 1.44 bits per heavy atom. The van der Waals surface area contributed by atoms with Gasteiger partial charge in [0.15, 0.2) is 0 Å². The maximum atomic E-state index is 11.7. The first kappa shape index (κ1) is 21.3. The highest BCUT2D eigenvalue weighted by molar-refractivity contribution is 5.87. The van der Waals surface area contributed by atoms with Crippen molar-refractivity contribution in [1.29, 1.82) is 0 Å². The fourth-order valence-corrected chi connectivity index (χ4v) is 2.45. The highest BCUT2D eigenvalue weighted by Gasteiger charge is 2.31. The summed E-state index contributed by atoms with van der Waals surface area (Å²) in [6.07, 6.45) is 4.92. The van der Waals surface area contributed by atoms with Gasteiger partial charge in [0.1, 0.15) is 6.23 Å². The Hall–Kier alpha value is -1.72. The Bertz CT molecular complexity index is 572. The van der Waals surface area contributed by atoms with Gasteiger partial charge in [0, 0.05) is 23.4 Å². The van der Waals surface area contributed by atoms with E-state index in [9.17, 15) is 4.79 Å². The van der Waals surface area contributed by atoms with E-state index in [0.717, 1.165) is 29.8 Å². The van der Waals surface area contributed by atoms with Crippen molar-refractivity contribution in [2.24, 2.45) is 0 Å². The van der Waals surface area contributed by atoms with Crippen LogP contribution in [0.5, 0.6) is 0 Å². The van der Waals surface area contributed by atoms with E-state index in [4.69, 9.17) is 9.47 Å². The predicted molar refractivity (Wildman–Crippen MR) is 101 cm³/mol. The van der Waals surface area contributed by atoms with Crippen LogP contribution in [0, 0.1) is 6.92 Å². The molecular formula is C20H32N2O3. The lowest BCUT2D eigenvalue weighted by Gasteiger charge is -2.22. The molecule has 1 aromatic heterocycles. The van der Waals surface area contributed by atoms with Crippen LogP contribution in [0.15, 0.2) is 18.2 Å². The van der Waals surface area contributed by atoms with Crippen molar-refractivity contribution in [3.05, 3.63) is 35.2 Å². The molecule has 1 fully saturated rings. The Labute approximate surface area is 152 Å². The number of ether oxygens (including phenoxy) is 2. The lowest BCUT2D eigenvalue weighted by Crippen LogP contribution is -2.26. The van der Waals surface area contributed by atoms with E-state index in [1.165, 1.54) is 6.08 Å². The molecule has 0 radical (unpaired) electrons. The van der Waals surface area contributed by atoms with Crippen LogP contribution < -0.4 is 0 Å². The maximum absolute atomic E-state index is 11.7. The molecule has 0 saturated carbocycles. The van der Waals surface area contributed by atoms with Gasteiger partial charge in [0.25, 0.3) is 0 Å². The van der Waals surface area contributed by atoms with E-state index in [1.54, 1.807) is 6.08 Å². The van der Waals surface area contributed by atoms with E-state index in [2.05, 4.69) is 23.7 Å². The number of hydrogen-bond donors (Lipinski definition) is 0. The maximum Gasteiger partial charge on any atom is 0.330 e. The van der Waals surface area contributed by atoms with Gasteiger partial charge in [0.05, 0.1) is 18.9 Å². The van der Waals surface area contributed by atoms with Crippen LogP contribution >= 0.6 is 0 Å². The monoisotopic (exact) mass is 348 g/mol. The third-order valence-electron chi connectivity index (χ3n) is 4.04. The molecule has 0 amide bonds. The summed E-state index contributed by atoms with van der Waals surface area (Å²) in [5.74, 6) is -0.332. The van der Waals surface area contributed by atoms with Crippen LogP contribution in [0.3, 0.4) is 0 Å². The van der Waals surface area contributed by atoms with Crippen molar-refractivity contribution in [2.75, 3.05) is 20.3 Å². The standard InChI is InChI=1S/C18H26N2O3.C2H6/c1-5-6-11-22-17(21)10-9-16-15(8-7-13(2)19-16)18-20(4)14(3)12-23-18;1-2/h7-10,14,18H,5-6,11-12H2,1-4H3;1-2H3/b10-9+;. The second-order valence-electron chi connectivity index (χ2n) is 5.98. The zero-order valence-electron chi connectivity index (χ0n) is 16.4. The highest BCUT2D eigenvalue weighted by Crippen LogP contribution is 2.31. The molecule has 0 aliphatic carbocycles. The number of nitrogens with zero attached hydrogens (tertiary/aromatic N) is 2. The molecule has 2 atom stereocenters. The van der Waals surface area contributed by atoms with Crippen molar-refractivity contribution >= 4 is 12.0 Å². The van der Waals surface area contributed by atoms with Gasteiger partial charge < -0.3 is 9.47 Å². The summed E-state index contributed by atoms with van der Waals surface area (Å²) >= 11 is 0. The van der Waals surface area contributed by atoms with E-state index < -0.39 is 0 Å². The normalized spacial score (nSPS) is 20.4. The number of esters is 1. The molecule has 2 rings (SSSR count). The van der Waals surface area contributed by atoms with E-state index >= 15 is 0 Å². The van der Waals surface area contributed by atoms with Crippen LogP contribution in [0.25, 0.3) is 6.08 Å². The molecular weight excluding hydrogens is 316 g/mol. The van der Waals surface area contributed by atoms with Gasteiger partial charge in [-0.1, -0.05) is 33.3 Å². The molecule has 5 heteroatoms. The molecule has 0 bridgehead atoms. The summed E-state index contributed by atoms with van der Waals surface area (Å²) in [6, 6.07) is 4.34. The number of unbranched alkanes of at least 4 members (excludes halogenated alkanes) is 1. The fraction of sp³-hybridized carbons (Fsp3) is 0.600. The predicted octanol–water partition coefficient (Wildman–Crippen LogP) is 4.12. The molecule has 1 aliphatic heterocycles. The summed E-state index contributed by atoms with van der Waals surface area (Å²) in [4.78, 5) is 18.5. The number of carbonyl (C=O) groups excluding carboxylic acids is 1. The number of aromatic nitrogens is 1. The SMILES string of the molecule is CC.CCCCOC(=O)/C=C/c1nc(C)ccc1C1OCC(C)N1C. The Morgan fingerprint density at radius 2 is 2.16 bits per heavy atom. The molecule has 1 saturated heterocycles. The number of aryl methyl sites for hydroxylation is 1. The van der Waals surface area contributed by atoms with Gasteiger partial charge in [-0.05, 0) is 39.5 Å². The largest absolute Gasteiger partial charge is 0.463 e. The molecule has 2 unspecified atom stereocenters. The van der Waals surface area contributed by atoms with Gasteiger partial charge in [-0.15, -0.1) is 0 Å². The second-order valence-corrected chi connectivity index (χ2v) is 5.98. The molecule has 0 aromatic carbocycles. The number of carbonyl (C=O) groups is 1. The first-order chi connectivity index (χ1) is 12.0. The molecule has 25 heavy (non-hydrogen) atoms. The minimum atomic E-state index is -0.332. The number of rotatable bonds is 6. The topological polar surface area (TPSA) is 51.7 Å². The van der Waals surface area contributed by atoms with Gasteiger partial charge in [-0.3, -0.25) is 9.88 Å². The number of pyridine rings is 1. The van der Waals surface area contributed by atoms with E-state index in [-0.39, 0.29) is 12.2 Å². The smallest absolute Gasteiger partial charge is 0.330 e. The lowest BCUT2D eigenvalue weighted by molar-refractivity contribution is -0.137. The Balaban J connectivity index is 0.00000151. The van der Waals surface area contributed by atoms with Crippen molar-refractivity contribution in [2.45, 2.75) is 59.7 Å². The first-order valence-electron chi connectivity index (χ1n) is 9.18. The minimum absolute atomic E-state index is 0.131. The van der Waals surface area contributed by atoms with Crippen molar-refractivity contribution in [1.82, 2.24) is 9.88 Å². The van der Waals surface area contributed by atoms with Gasteiger partial charge in [-0.25, -0.2) is 4.79 Å². The molecule has 1 aliphatic rings. The Kier molecular flexibility index (Phi) is 9.39. The Morgan fingerprint density at radius 3 is 2.76 bits per heavy atom. The first-order valence-corrected chi connectivity index (χ1v) is 9.18. The van der Waals surface area contributed by atoms with Crippen LogP contribution in [0.4, 0.5) is 0 Å². The highest BCUT2D eigenvalue weighted by atomic mass is 16.5. The summed E-state index contributed by atoms with van der Waals surface area (Å²) in [5, 5.41) is 0. The summed E-state index contributed by atoms with van der Waals surface area (Å²) in [5.41, 5.74) is 2.63. The van der Waals surface area contributed by atoms with Crippen molar-refractivity contribution < 1.29 is 14.3 Å². The van der Waals surface area contributed by atoms with Crippen LogP contribution in [-0.4, -0.2) is 42.2 Å². The van der Waals surface area contributed by atoms with Gasteiger partial charge in [0.2, 0.25) is 0 Å². The molecule has 1 aromatic rings. The van der Waals surface area contributed by atoms with Gasteiger partial charge >= 0.3 is 5.97 Å². The van der Waals surface area contributed by atoms with Crippen molar-refractivity contribution in [3.63, 3.8) is 0 Å². The molecule has 0 N–H and O–H groups in total. The second kappa shape index (κ2) is 11.0. The molecule has 0 spiro atoms. The molecule has 2 heterocycles. The fourth-order valence-electron chi connectivity index (χ4n) is 2.45. The summed E-state index contributed by atoms with van der Waals surface area (Å²) in [7, 11) is 2.04. The van der Waals surface area contributed by atoms with E-state index in [0.29, 0.717) is 19.3 Å². The quantitative estimate of drug-likeness (QED) is 0.440.